The number of allylic oxidation sites excluding steroid dienone is 1. The van der Waals surface area contributed by atoms with Crippen molar-refractivity contribution in [3.63, 3.8) is 0 Å². The first-order valence-electron chi connectivity index (χ1n) is 6.02. The highest BCUT2D eigenvalue weighted by atomic mass is 16.6. The molecule has 2 N–H and O–H groups in total. The van der Waals surface area contributed by atoms with E-state index in [0.717, 1.165) is 12.3 Å². The van der Waals surface area contributed by atoms with Crippen LogP contribution in [0.4, 0.5) is 0 Å². The molecule has 0 amide bonds. The Bertz CT molecular complexity index is 579. The van der Waals surface area contributed by atoms with E-state index in [1.165, 1.54) is 13.0 Å². The van der Waals surface area contributed by atoms with Crippen molar-refractivity contribution in [2.24, 2.45) is 0 Å². The predicted molar refractivity (Wildman–Crippen MR) is 68.2 cm³/mol. The minimum absolute atomic E-state index is 0.102. The first-order valence-corrected chi connectivity index (χ1v) is 6.02. The Hall–Kier alpha value is -2.50. The number of rotatable bonds is 2. The fourth-order valence-electron chi connectivity index (χ4n) is 1.90. The van der Waals surface area contributed by atoms with Gasteiger partial charge in [0.25, 0.3) is 0 Å². The predicted octanol–water partition coefficient (Wildman–Crippen LogP) is 1.78. The van der Waals surface area contributed by atoms with Crippen molar-refractivity contribution in [1.82, 2.24) is 0 Å². The fourth-order valence-corrected chi connectivity index (χ4v) is 1.90. The van der Waals surface area contributed by atoms with Crippen molar-refractivity contribution in [3.05, 3.63) is 35.3 Å². The van der Waals surface area contributed by atoms with Crippen LogP contribution in [0, 0.1) is 6.92 Å². The van der Waals surface area contributed by atoms with E-state index in [1.807, 2.05) is 0 Å². The Morgan fingerprint density at radius 2 is 2.10 bits per heavy atom. The number of carbonyl (C=O) groups is 2. The van der Waals surface area contributed by atoms with Crippen molar-refractivity contribution in [2.45, 2.75) is 26.4 Å². The highest BCUT2D eigenvalue weighted by Crippen LogP contribution is 2.28. The number of Topliss-reactive ketones (excluding diaryl/α,β-unsaturated/α-hetero) is 1. The van der Waals surface area contributed by atoms with Crippen molar-refractivity contribution in [1.29, 1.82) is 0 Å². The van der Waals surface area contributed by atoms with Gasteiger partial charge in [-0.05, 0) is 25.5 Å². The molecule has 0 saturated heterocycles. The zero-order chi connectivity index (χ0) is 14.9. The fraction of sp³-hybridized carbons (Fsp3) is 0.286. The third kappa shape index (κ3) is 2.74. The number of ether oxygens (including phenoxy) is 2. The van der Waals surface area contributed by atoms with Crippen LogP contribution in [0.2, 0.25) is 0 Å². The maximum atomic E-state index is 12.0. The first-order chi connectivity index (χ1) is 9.38. The lowest BCUT2D eigenvalue weighted by Crippen LogP contribution is -2.22. The van der Waals surface area contributed by atoms with Gasteiger partial charge in [-0.25, -0.2) is 4.79 Å². The SMILES string of the molecule is Cc1cc(O)cc(O)c1C(=O)OC1=COC(C)CC1=O. The largest absolute Gasteiger partial charge is 0.508 e. The Morgan fingerprint density at radius 3 is 2.70 bits per heavy atom. The molecule has 0 saturated carbocycles. The lowest BCUT2D eigenvalue weighted by Gasteiger charge is -2.18. The van der Waals surface area contributed by atoms with Crippen molar-refractivity contribution in [2.75, 3.05) is 0 Å². The summed E-state index contributed by atoms with van der Waals surface area (Å²) in [6.07, 6.45) is 0.967. The van der Waals surface area contributed by atoms with Gasteiger partial charge in [0.05, 0.1) is 6.42 Å². The Labute approximate surface area is 115 Å². The van der Waals surface area contributed by atoms with Crippen molar-refractivity contribution >= 4 is 11.8 Å². The average molecular weight is 278 g/mol. The van der Waals surface area contributed by atoms with Gasteiger partial charge in [-0.3, -0.25) is 4.79 Å². The standard InChI is InChI=1S/C14H14O6/c1-7-3-9(15)5-11(17)13(7)14(18)20-12-6-19-8(2)4-10(12)16/h3,5-6,8,15,17H,4H2,1-2H3. The molecule has 0 aliphatic carbocycles. The molecule has 0 fully saturated rings. The second kappa shape index (κ2) is 5.24. The number of hydrogen-bond acceptors (Lipinski definition) is 6. The van der Waals surface area contributed by atoms with E-state index in [0.29, 0.717) is 5.56 Å². The third-order valence-electron chi connectivity index (χ3n) is 2.86. The topological polar surface area (TPSA) is 93.1 Å². The van der Waals surface area contributed by atoms with E-state index >= 15 is 0 Å². The van der Waals surface area contributed by atoms with Crippen LogP contribution in [-0.2, 0) is 14.3 Å². The summed E-state index contributed by atoms with van der Waals surface area (Å²) >= 11 is 0. The molecule has 106 valence electrons. The number of carbonyl (C=O) groups excluding carboxylic acids is 2. The Morgan fingerprint density at radius 1 is 1.40 bits per heavy atom. The lowest BCUT2D eigenvalue weighted by atomic mass is 10.1. The molecular weight excluding hydrogens is 264 g/mol. The van der Waals surface area contributed by atoms with E-state index in [-0.39, 0.29) is 35.4 Å². The molecule has 0 radical (unpaired) electrons. The second-order valence-corrected chi connectivity index (χ2v) is 4.60. The van der Waals surface area contributed by atoms with E-state index in [1.54, 1.807) is 6.92 Å². The van der Waals surface area contributed by atoms with Gasteiger partial charge in [0.15, 0.2) is 0 Å². The summed E-state index contributed by atoms with van der Waals surface area (Å²) in [4.78, 5) is 23.6. The minimum Gasteiger partial charge on any atom is -0.508 e. The number of ketones is 1. The van der Waals surface area contributed by atoms with Gasteiger partial charge in [0.2, 0.25) is 11.5 Å². The summed E-state index contributed by atoms with van der Waals surface area (Å²) in [6, 6.07) is 2.34. The summed E-state index contributed by atoms with van der Waals surface area (Å²) in [5.74, 6) is -1.99. The van der Waals surface area contributed by atoms with E-state index in [2.05, 4.69) is 0 Å². The molecule has 2 rings (SSSR count). The van der Waals surface area contributed by atoms with Gasteiger partial charge in [-0.2, -0.15) is 0 Å². The quantitative estimate of drug-likeness (QED) is 0.801. The van der Waals surface area contributed by atoms with Gasteiger partial charge in [-0.1, -0.05) is 0 Å². The van der Waals surface area contributed by atoms with Gasteiger partial charge < -0.3 is 19.7 Å². The van der Waals surface area contributed by atoms with E-state index in [9.17, 15) is 19.8 Å². The molecule has 1 aliphatic heterocycles. The van der Waals surface area contributed by atoms with Gasteiger partial charge >= 0.3 is 5.97 Å². The lowest BCUT2D eigenvalue weighted by molar-refractivity contribution is -0.122. The molecule has 1 heterocycles. The molecule has 6 nitrogen and oxygen atoms in total. The normalized spacial score (nSPS) is 18.2. The molecule has 1 aliphatic rings. The molecule has 1 aromatic carbocycles. The molecule has 0 spiro atoms. The van der Waals surface area contributed by atoms with E-state index < -0.39 is 11.7 Å². The van der Waals surface area contributed by atoms with Gasteiger partial charge in [0, 0.05) is 6.07 Å². The van der Waals surface area contributed by atoms with Gasteiger partial charge in [0.1, 0.15) is 29.4 Å². The highest BCUT2D eigenvalue weighted by Gasteiger charge is 2.26. The zero-order valence-corrected chi connectivity index (χ0v) is 11.0. The number of hydrogen-bond donors (Lipinski definition) is 2. The third-order valence-corrected chi connectivity index (χ3v) is 2.86. The van der Waals surface area contributed by atoms with Crippen LogP contribution < -0.4 is 0 Å². The van der Waals surface area contributed by atoms with Crippen LogP contribution >= 0.6 is 0 Å². The molecule has 1 atom stereocenters. The summed E-state index contributed by atoms with van der Waals surface area (Å²) in [5.41, 5.74) is 0.237. The molecule has 20 heavy (non-hydrogen) atoms. The molecule has 1 unspecified atom stereocenters. The summed E-state index contributed by atoms with van der Waals surface area (Å²) in [7, 11) is 0. The van der Waals surface area contributed by atoms with Crippen molar-refractivity contribution < 1.29 is 29.3 Å². The van der Waals surface area contributed by atoms with E-state index in [4.69, 9.17) is 9.47 Å². The second-order valence-electron chi connectivity index (χ2n) is 4.60. The number of aryl methyl sites for hydroxylation is 1. The molecule has 0 bridgehead atoms. The molecule has 6 heteroatoms. The number of benzene rings is 1. The summed E-state index contributed by atoms with van der Waals surface area (Å²) < 4.78 is 10.1. The van der Waals surface area contributed by atoms with Crippen LogP contribution in [-0.4, -0.2) is 28.1 Å². The smallest absolute Gasteiger partial charge is 0.347 e. The Balaban J connectivity index is 2.23. The highest BCUT2D eigenvalue weighted by molar-refractivity contribution is 6.01. The van der Waals surface area contributed by atoms with Crippen LogP contribution in [0.25, 0.3) is 0 Å². The Kier molecular flexibility index (Phi) is 3.65. The number of phenols is 2. The van der Waals surface area contributed by atoms with Gasteiger partial charge in [-0.15, -0.1) is 0 Å². The van der Waals surface area contributed by atoms with Crippen molar-refractivity contribution in [3.8, 4) is 11.5 Å². The number of esters is 1. The zero-order valence-electron chi connectivity index (χ0n) is 11.0. The monoisotopic (exact) mass is 278 g/mol. The molecule has 1 aromatic rings. The average Bonchev–Trinajstić information content (AvgIpc) is 2.31. The van der Waals surface area contributed by atoms with Crippen LogP contribution in [0.5, 0.6) is 11.5 Å². The number of phenolic OH excluding ortho intramolecular Hbond substituents is 2. The summed E-state index contributed by atoms with van der Waals surface area (Å²) in [6.45, 7) is 3.26. The maximum Gasteiger partial charge on any atom is 0.347 e. The summed E-state index contributed by atoms with van der Waals surface area (Å²) in [5, 5.41) is 19.0. The minimum atomic E-state index is -0.877. The molecule has 0 aromatic heterocycles. The molecular formula is C14H14O6. The number of aromatic hydroxyl groups is 2. The van der Waals surface area contributed by atoms with Crippen LogP contribution in [0.1, 0.15) is 29.3 Å². The first kappa shape index (κ1) is 13.9. The maximum absolute atomic E-state index is 12.0. The van der Waals surface area contributed by atoms with Crippen LogP contribution in [0.15, 0.2) is 24.2 Å². The van der Waals surface area contributed by atoms with Crippen LogP contribution in [0.3, 0.4) is 0 Å².